The molecule has 1 fully saturated rings. The van der Waals surface area contributed by atoms with Gasteiger partial charge in [0.05, 0.1) is 11.4 Å². The average molecular weight is 370 g/mol. The molecule has 2 heterocycles. The van der Waals surface area contributed by atoms with Crippen molar-refractivity contribution in [2.45, 2.75) is 32.2 Å². The fraction of sp³-hybridized carbons (Fsp3) is 0.350. The van der Waals surface area contributed by atoms with E-state index in [1.165, 1.54) is 9.87 Å². The second kappa shape index (κ2) is 6.43. The van der Waals surface area contributed by atoms with Crippen LogP contribution in [0.5, 0.6) is 0 Å². The van der Waals surface area contributed by atoms with Gasteiger partial charge in [-0.05, 0) is 62.1 Å². The van der Waals surface area contributed by atoms with Crippen molar-refractivity contribution in [1.82, 2.24) is 0 Å². The predicted octanol–water partition coefficient (Wildman–Crippen LogP) is 3.21. The zero-order chi connectivity index (χ0) is 18.3. The molecular weight excluding hydrogens is 348 g/mol. The van der Waals surface area contributed by atoms with Crippen LogP contribution < -0.4 is 9.21 Å². The third-order valence-corrected chi connectivity index (χ3v) is 7.05. The highest BCUT2D eigenvalue weighted by Crippen LogP contribution is 2.33. The SMILES string of the molecule is C[C@@H]1Cc2ccccc2N1C(=O)c1ccc(N2CCCCS2(=O)=O)cc1. The lowest BCUT2D eigenvalue weighted by Crippen LogP contribution is -2.38. The molecule has 26 heavy (non-hydrogen) atoms. The summed E-state index contributed by atoms with van der Waals surface area (Å²) >= 11 is 0. The van der Waals surface area contributed by atoms with Crippen molar-refractivity contribution in [3.63, 3.8) is 0 Å². The minimum absolute atomic E-state index is 0.0458. The first-order valence-electron chi connectivity index (χ1n) is 8.99. The number of carbonyl (C=O) groups excluding carboxylic acids is 1. The predicted molar refractivity (Wildman–Crippen MR) is 103 cm³/mol. The van der Waals surface area contributed by atoms with Crippen LogP contribution >= 0.6 is 0 Å². The molecule has 1 amide bonds. The van der Waals surface area contributed by atoms with Crippen molar-refractivity contribution in [2.75, 3.05) is 21.5 Å². The van der Waals surface area contributed by atoms with Gasteiger partial charge in [0.25, 0.3) is 5.91 Å². The van der Waals surface area contributed by atoms with Crippen LogP contribution in [0.3, 0.4) is 0 Å². The summed E-state index contributed by atoms with van der Waals surface area (Å²) in [5.41, 5.74) is 3.36. The molecule has 5 nitrogen and oxygen atoms in total. The molecule has 2 aromatic carbocycles. The maximum atomic E-state index is 13.0. The summed E-state index contributed by atoms with van der Waals surface area (Å²) in [6.07, 6.45) is 2.43. The molecule has 0 radical (unpaired) electrons. The Bertz CT molecular complexity index is 938. The number of anilines is 2. The number of amides is 1. The van der Waals surface area contributed by atoms with Gasteiger partial charge in [-0.25, -0.2) is 8.42 Å². The molecule has 136 valence electrons. The molecule has 0 saturated carbocycles. The Morgan fingerprint density at radius 2 is 1.77 bits per heavy atom. The number of benzene rings is 2. The zero-order valence-electron chi connectivity index (χ0n) is 14.8. The lowest BCUT2D eigenvalue weighted by molar-refractivity contribution is 0.0981. The van der Waals surface area contributed by atoms with E-state index >= 15 is 0 Å². The molecule has 0 aromatic heterocycles. The van der Waals surface area contributed by atoms with Crippen molar-refractivity contribution in [1.29, 1.82) is 0 Å². The van der Waals surface area contributed by atoms with Crippen LogP contribution in [0, 0.1) is 0 Å². The number of fused-ring (bicyclic) bond motifs is 1. The number of carbonyl (C=O) groups is 1. The summed E-state index contributed by atoms with van der Waals surface area (Å²) in [6.45, 7) is 2.55. The van der Waals surface area contributed by atoms with Gasteiger partial charge in [0.15, 0.2) is 0 Å². The summed E-state index contributed by atoms with van der Waals surface area (Å²) in [6, 6.07) is 15.0. The van der Waals surface area contributed by atoms with E-state index in [2.05, 4.69) is 6.07 Å². The van der Waals surface area contributed by atoms with Crippen LogP contribution in [0.15, 0.2) is 48.5 Å². The van der Waals surface area contributed by atoms with Gasteiger partial charge in [-0.3, -0.25) is 9.10 Å². The van der Waals surface area contributed by atoms with Crippen molar-refractivity contribution in [2.24, 2.45) is 0 Å². The topological polar surface area (TPSA) is 57.7 Å². The minimum Gasteiger partial charge on any atom is -0.305 e. The minimum atomic E-state index is -3.24. The van der Waals surface area contributed by atoms with Crippen LogP contribution in [-0.4, -0.2) is 32.7 Å². The second-order valence-corrected chi connectivity index (χ2v) is 9.01. The van der Waals surface area contributed by atoms with E-state index in [1.807, 2.05) is 30.0 Å². The lowest BCUT2D eigenvalue weighted by atomic mass is 10.1. The molecule has 0 unspecified atom stereocenters. The number of para-hydroxylation sites is 1. The highest BCUT2D eigenvalue weighted by Gasteiger charge is 2.31. The number of hydrogen-bond donors (Lipinski definition) is 0. The van der Waals surface area contributed by atoms with E-state index < -0.39 is 10.0 Å². The molecule has 2 aliphatic rings. The summed E-state index contributed by atoms with van der Waals surface area (Å²) in [7, 11) is -3.24. The number of hydrogen-bond acceptors (Lipinski definition) is 3. The van der Waals surface area contributed by atoms with Gasteiger partial charge >= 0.3 is 0 Å². The number of sulfonamides is 1. The first kappa shape index (κ1) is 17.1. The Balaban J connectivity index is 1.60. The van der Waals surface area contributed by atoms with Crippen molar-refractivity contribution >= 4 is 27.3 Å². The van der Waals surface area contributed by atoms with Crippen LogP contribution in [-0.2, 0) is 16.4 Å². The third-order valence-electron chi connectivity index (χ3n) is 5.18. The normalized spacial score (nSPS) is 21.5. The van der Waals surface area contributed by atoms with Crippen LogP contribution in [0.4, 0.5) is 11.4 Å². The van der Waals surface area contributed by atoms with Crippen LogP contribution in [0.25, 0.3) is 0 Å². The Morgan fingerprint density at radius 3 is 2.50 bits per heavy atom. The number of nitrogens with zero attached hydrogens (tertiary/aromatic N) is 2. The molecule has 0 spiro atoms. The summed E-state index contributed by atoms with van der Waals surface area (Å²) < 4.78 is 25.9. The molecule has 1 atom stereocenters. The molecule has 2 aliphatic heterocycles. The van der Waals surface area contributed by atoms with Crippen molar-refractivity contribution < 1.29 is 13.2 Å². The smallest absolute Gasteiger partial charge is 0.258 e. The molecule has 0 bridgehead atoms. The van der Waals surface area contributed by atoms with Gasteiger partial charge in [0.2, 0.25) is 10.0 Å². The van der Waals surface area contributed by atoms with Gasteiger partial charge in [-0.2, -0.15) is 0 Å². The standard InChI is InChI=1S/C20H22N2O3S/c1-15-14-17-6-2-3-7-19(17)22(15)20(23)16-8-10-18(11-9-16)21-12-4-5-13-26(21,24)25/h2-3,6-11,15H,4-5,12-14H2,1H3/t15-/m1/s1. The average Bonchev–Trinajstić information content (AvgIpc) is 2.97. The zero-order valence-corrected chi connectivity index (χ0v) is 15.6. The highest BCUT2D eigenvalue weighted by molar-refractivity contribution is 7.92. The second-order valence-electron chi connectivity index (χ2n) is 7.00. The maximum absolute atomic E-state index is 13.0. The molecule has 6 heteroatoms. The van der Waals surface area contributed by atoms with Gasteiger partial charge in [-0.15, -0.1) is 0 Å². The van der Waals surface area contributed by atoms with Crippen molar-refractivity contribution in [3.8, 4) is 0 Å². The first-order chi connectivity index (χ1) is 12.5. The summed E-state index contributed by atoms with van der Waals surface area (Å²) in [5.74, 6) is 0.144. The Morgan fingerprint density at radius 1 is 1.04 bits per heavy atom. The Kier molecular flexibility index (Phi) is 4.23. The van der Waals surface area contributed by atoms with E-state index in [1.54, 1.807) is 24.3 Å². The highest BCUT2D eigenvalue weighted by atomic mass is 32.2. The largest absolute Gasteiger partial charge is 0.305 e. The fourth-order valence-electron chi connectivity index (χ4n) is 3.86. The Labute approximate surface area is 154 Å². The summed E-state index contributed by atoms with van der Waals surface area (Å²) in [4.78, 5) is 14.9. The van der Waals surface area contributed by atoms with Gasteiger partial charge in [-0.1, -0.05) is 18.2 Å². The van der Waals surface area contributed by atoms with Crippen molar-refractivity contribution in [3.05, 3.63) is 59.7 Å². The molecule has 0 aliphatic carbocycles. The molecule has 2 aromatic rings. The quantitative estimate of drug-likeness (QED) is 0.816. The Hall–Kier alpha value is -2.34. The fourth-order valence-corrected chi connectivity index (χ4v) is 5.50. The van der Waals surface area contributed by atoms with Gasteiger partial charge in [0.1, 0.15) is 0 Å². The molecular formula is C20H22N2O3S. The monoisotopic (exact) mass is 370 g/mol. The lowest BCUT2D eigenvalue weighted by Gasteiger charge is -2.28. The van der Waals surface area contributed by atoms with E-state index in [0.29, 0.717) is 24.2 Å². The van der Waals surface area contributed by atoms with E-state index in [9.17, 15) is 13.2 Å². The van der Waals surface area contributed by atoms with Gasteiger partial charge < -0.3 is 4.90 Å². The first-order valence-corrected chi connectivity index (χ1v) is 10.6. The maximum Gasteiger partial charge on any atom is 0.258 e. The van der Waals surface area contributed by atoms with E-state index in [0.717, 1.165) is 18.5 Å². The van der Waals surface area contributed by atoms with E-state index in [4.69, 9.17) is 0 Å². The third kappa shape index (κ3) is 2.88. The van der Waals surface area contributed by atoms with Crippen LogP contribution in [0.2, 0.25) is 0 Å². The molecule has 0 N–H and O–H groups in total. The number of rotatable bonds is 2. The van der Waals surface area contributed by atoms with Gasteiger partial charge in [0, 0.05) is 23.8 Å². The summed E-state index contributed by atoms with van der Waals surface area (Å²) in [5, 5.41) is 0. The molecule has 4 rings (SSSR count). The molecule has 1 saturated heterocycles. The van der Waals surface area contributed by atoms with Crippen LogP contribution in [0.1, 0.15) is 35.7 Å². The van der Waals surface area contributed by atoms with E-state index in [-0.39, 0.29) is 17.7 Å².